The summed E-state index contributed by atoms with van der Waals surface area (Å²) < 4.78 is 0. The van der Waals surface area contributed by atoms with Crippen LogP contribution in [0.15, 0.2) is 12.2 Å². The van der Waals surface area contributed by atoms with Gasteiger partial charge in [-0.25, -0.2) is 4.79 Å². The summed E-state index contributed by atoms with van der Waals surface area (Å²) >= 11 is 0. The first-order chi connectivity index (χ1) is 6.07. The van der Waals surface area contributed by atoms with Gasteiger partial charge in [-0.05, 0) is 26.4 Å². The highest BCUT2D eigenvalue weighted by atomic mass is 16.4. The molecule has 0 fully saturated rings. The minimum Gasteiger partial charge on any atom is -0.478 e. The van der Waals surface area contributed by atoms with E-state index in [0.717, 1.165) is 13.0 Å². The van der Waals surface area contributed by atoms with Crippen molar-refractivity contribution in [3.8, 4) is 0 Å². The summed E-state index contributed by atoms with van der Waals surface area (Å²) in [6, 6.07) is 0. The second kappa shape index (κ2) is 6.62. The Morgan fingerprint density at radius 1 is 1.46 bits per heavy atom. The van der Waals surface area contributed by atoms with E-state index in [9.17, 15) is 4.79 Å². The molecule has 0 saturated heterocycles. The molecule has 13 heavy (non-hydrogen) atoms. The maximum atomic E-state index is 10.3. The van der Waals surface area contributed by atoms with Gasteiger partial charge in [-0.1, -0.05) is 6.58 Å². The van der Waals surface area contributed by atoms with Crippen molar-refractivity contribution < 1.29 is 15.0 Å². The highest BCUT2D eigenvalue weighted by molar-refractivity contribution is 5.85. The van der Waals surface area contributed by atoms with Gasteiger partial charge in [0.15, 0.2) is 0 Å². The summed E-state index contributed by atoms with van der Waals surface area (Å²) in [6.45, 7) is 4.97. The summed E-state index contributed by atoms with van der Waals surface area (Å²) in [6.07, 6.45) is 1.27. The molecule has 2 N–H and O–H groups in total. The lowest BCUT2D eigenvalue weighted by molar-refractivity contribution is -0.132. The standard InChI is InChI=1S/C9H17NO3/c1-8(9(12)13)4-3-5-10(2)6-7-11/h11H,1,3-7H2,2H3,(H,12,13). The molecule has 0 heterocycles. The van der Waals surface area contributed by atoms with E-state index in [2.05, 4.69) is 6.58 Å². The van der Waals surface area contributed by atoms with Gasteiger partial charge in [0.1, 0.15) is 0 Å². The zero-order chi connectivity index (χ0) is 10.3. The summed E-state index contributed by atoms with van der Waals surface area (Å²) in [5, 5.41) is 17.1. The Kier molecular flexibility index (Phi) is 6.18. The summed E-state index contributed by atoms with van der Waals surface area (Å²) in [7, 11) is 1.89. The van der Waals surface area contributed by atoms with Gasteiger partial charge in [-0.3, -0.25) is 0 Å². The van der Waals surface area contributed by atoms with Crippen molar-refractivity contribution in [1.82, 2.24) is 4.90 Å². The van der Waals surface area contributed by atoms with Gasteiger partial charge in [-0.15, -0.1) is 0 Å². The Morgan fingerprint density at radius 3 is 2.54 bits per heavy atom. The highest BCUT2D eigenvalue weighted by Crippen LogP contribution is 2.02. The van der Waals surface area contributed by atoms with Crippen LogP contribution in [0.5, 0.6) is 0 Å². The van der Waals surface area contributed by atoms with E-state index < -0.39 is 5.97 Å². The minimum atomic E-state index is -0.926. The number of carboxylic acids is 1. The zero-order valence-corrected chi connectivity index (χ0v) is 7.99. The Labute approximate surface area is 78.5 Å². The number of rotatable bonds is 7. The number of likely N-dealkylation sites (N-methyl/N-ethyl adjacent to an activating group) is 1. The molecule has 0 spiro atoms. The first kappa shape index (κ1) is 12.1. The third-order valence-corrected chi connectivity index (χ3v) is 1.80. The van der Waals surface area contributed by atoms with Crippen LogP contribution in [0, 0.1) is 0 Å². The molecule has 0 atom stereocenters. The molecule has 0 unspecified atom stereocenters. The van der Waals surface area contributed by atoms with E-state index in [1.54, 1.807) is 0 Å². The van der Waals surface area contributed by atoms with Crippen molar-refractivity contribution in [2.24, 2.45) is 0 Å². The number of aliphatic carboxylic acids is 1. The summed E-state index contributed by atoms with van der Waals surface area (Å²) in [4.78, 5) is 12.3. The minimum absolute atomic E-state index is 0.135. The number of aliphatic hydroxyl groups excluding tert-OH is 1. The lowest BCUT2D eigenvalue weighted by Gasteiger charge is -2.14. The van der Waals surface area contributed by atoms with E-state index in [-0.39, 0.29) is 12.2 Å². The SMILES string of the molecule is C=C(CCCN(C)CCO)C(=O)O. The quantitative estimate of drug-likeness (QED) is 0.564. The number of hydrogen-bond donors (Lipinski definition) is 2. The van der Waals surface area contributed by atoms with E-state index in [1.807, 2.05) is 11.9 Å². The normalized spacial score (nSPS) is 10.4. The number of carbonyl (C=O) groups is 1. The van der Waals surface area contributed by atoms with Crippen molar-refractivity contribution in [2.75, 3.05) is 26.7 Å². The van der Waals surface area contributed by atoms with Crippen molar-refractivity contribution in [3.05, 3.63) is 12.2 Å². The van der Waals surface area contributed by atoms with E-state index in [1.165, 1.54) is 0 Å². The smallest absolute Gasteiger partial charge is 0.330 e. The van der Waals surface area contributed by atoms with Crippen LogP contribution in [-0.4, -0.2) is 47.8 Å². The van der Waals surface area contributed by atoms with Gasteiger partial charge in [-0.2, -0.15) is 0 Å². The number of carboxylic acid groups (broad SMARTS) is 1. The summed E-state index contributed by atoms with van der Waals surface area (Å²) in [5.41, 5.74) is 0.248. The van der Waals surface area contributed by atoms with Crippen molar-refractivity contribution in [3.63, 3.8) is 0 Å². The molecule has 0 aliphatic carbocycles. The lowest BCUT2D eigenvalue weighted by atomic mass is 10.1. The first-order valence-electron chi connectivity index (χ1n) is 4.28. The Balaban J connectivity index is 3.44. The van der Waals surface area contributed by atoms with Crippen LogP contribution >= 0.6 is 0 Å². The molecule has 0 radical (unpaired) electrons. The molecular weight excluding hydrogens is 170 g/mol. The number of nitrogens with zero attached hydrogens (tertiary/aromatic N) is 1. The van der Waals surface area contributed by atoms with E-state index >= 15 is 0 Å². The average Bonchev–Trinajstić information content (AvgIpc) is 2.04. The van der Waals surface area contributed by atoms with Crippen LogP contribution in [0.2, 0.25) is 0 Å². The van der Waals surface area contributed by atoms with Crippen LogP contribution in [0.4, 0.5) is 0 Å². The fourth-order valence-electron chi connectivity index (χ4n) is 0.952. The molecule has 0 bridgehead atoms. The van der Waals surface area contributed by atoms with Gasteiger partial charge in [0.25, 0.3) is 0 Å². The van der Waals surface area contributed by atoms with Gasteiger partial charge in [0.2, 0.25) is 0 Å². The van der Waals surface area contributed by atoms with Crippen LogP contribution in [0.1, 0.15) is 12.8 Å². The van der Waals surface area contributed by atoms with Gasteiger partial charge < -0.3 is 15.1 Å². The first-order valence-corrected chi connectivity index (χ1v) is 4.28. The molecule has 4 nitrogen and oxygen atoms in total. The average molecular weight is 187 g/mol. The molecular formula is C9H17NO3. The largest absolute Gasteiger partial charge is 0.478 e. The van der Waals surface area contributed by atoms with E-state index in [0.29, 0.717) is 13.0 Å². The summed E-state index contributed by atoms with van der Waals surface area (Å²) in [5.74, 6) is -0.926. The Hall–Kier alpha value is -0.870. The van der Waals surface area contributed by atoms with Crippen molar-refractivity contribution in [1.29, 1.82) is 0 Å². The second-order valence-corrected chi connectivity index (χ2v) is 3.04. The van der Waals surface area contributed by atoms with Crippen LogP contribution < -0.4 is 0 Å². The van der Waals surface area contributed by atoms with Crippen LogP contribution in [0.3, 0.4) is 0 Å². The number of hydrogen-bond acceptors (Lipinski definition) is 3. The molecule has 0 aliphatic rings. The van der Waals surface area contributed by atoms with E-state index in [4.69, 9.17) is 10.2 Å². The maximum absolute atomic E-state index is 10.3. The lowest BCUT2D eigenvalue weighted by Crippen LogP contribution is -2.23. The second-order valence-electron chi connectivity index (χ2n) is 3.04. The molecule has 0 aromatic carbocycles. The van der Waals surface area contributed by atoms with Gasteiger partial charge >= 0.3 is 5.97 Å². The zero-order valence-electron chi connectivity index (χ0n) is 7.99. The molecule has 0 aliphatic heterocycles. The molecule has 0 saturated carbocycles. The Bertz CT molecular complexity index is 180. The van der Waals surface area contributed by atoms with Crippen LogP contribution in [-0.2, 0) is 4.79 Å². The van der Waals surface area contributed by atoms with Crippen molar-refractivity contribution in [2.45, 2.75) is 12.8 Å². The molecule has 0 rings (SSSR count). The molecule has 4 heteroatoms. The predicted octanol–water partition coefficient (Wildman–Crippen LogP) is 0.331. The third kappa shape index (κ3) is 6.31. The monoisotopic (exact) mass is 187 g/mol. The third-order valence-electron chi connectivity index (χ3n) is 1.80. The fraction of sp³-hybridized carbons (Fsp3) is 0.667. The topological polar surface area (TPSA) is 60.8 Å². The maximum Gasteiger partial charge on any atom is 0.330 e. The molecule has 0 aromatic rings. The molecule has 76 valence electrons. The van der Waals surface area contributed by atoms with Crippen LogP contribution in [0.25, 0.3) is 0 Å². The number of aliphatic hydroxyl groups is 1. The Morgan fingerprint density at radius 2 is 2.08 bits per heavy atom. The highest BCUT2D eigenvalue weighted by Gasteiger charge is 2.03. The van der Waals surface area contributed by atoms with Gasteiger partial charge in [0.05, 0.1) is 6.61 Å². The molecule has 0 aromatic heterocycles. The fourth-order valence-corrected chi connectivity index (χ4v) is 0.952. The van der Waals surface area contributed by atoms with Gasteiger partial charge in [0, 0.05) is 12.1 Å². The van der Waals surface area contributed by atoms with Crippen molar-refractivity contribution >= 4 is 5.97 Å². The predicted molar refractivity (Wildman–Crippen MR) is 50.6 cm³/mol. The molecule has 0 amide bonds.